The zero-order valence-electron chi connectivity index (χ0n) is 15.0. The highest BCUT2D eigenvalue weighted by molar-refractivity contribution is 8.00. The quantitative estimate of drug-likeness (QED) is 0.726. The number of nitrogens with two attached hydrogens (primary N) is 2. The number of rotatable bonds is 7. The van der Waals surface area contributed by atoms with Gasteiger partial charge in [0, 0.05) is 19.2 Å². The fraction of sp³-hybridized carbons (Fsp3) is 0.316. The van der Waals surface area contributed by atoms with Gasteiger partial charge in [0.1, 0.15) is 22.5 Å². The van der Waals surface area contributed by atoms with Gasteiger partial charge >= 0.3 is 0 Å². The summed E-state index contributed by atoms with van der Waals surface area (Å²) in [7, 11) is 0. The molecular weight excluding hydrogens is 346 g/mol. The number of amides is 1. The van der Waals surface area contributed by atoms with Crippen LogP contribution in [0.15, 0.2) is 35.4 Å². The van der Waals surface area contributed by atoms with Crippen LogP contribution in [0, 0.1) is 18.3 Å². The van der Waals surface area contributed by atoms with Crippen LogP contribution in [0.25, 0.3) is 0 Å². The SMILES string of the molecule is CCCN(Cc1ccc(C)cc1)C(=O)CSc1nc(N)cc(N)c1C#N. The Morgan fingerprint density at radius 3 is 2.62 bits per heavy atom. The first-order valence-corrected chi connectivity index (χ1v) is 9.35. The predicted molar refractivity (Wildman–Crippen MR) is 105 cm³/mol. The Labute approximate surface area is 158 Å². The molecule has 0 spiro atoms. The predicted octanol–water partition coefficient (Wildman–Crippen LogP) is 2.96. The molecule has 0 aliphatic carbocycles. The number of hydrogen-bond acceptors (Lipinski definition) is 6. The normalized spacial score (nSPS) is 10.3. The highest BCUT2D eigenvalue weighted by atomic mass is 32.2. The number of benzene rings is 1. The molecule has 136 valence electrons. The summed E-state index contributed by atoms with van der Waals surface area (Å²) in [4.78, 5) is 18.6. The highest BCUT2D eigenvalue weighted by Crippen LogP contribution is 2.26. The van der Waals surface area contributed by atoms with Crippen LogP contribution in [0.3, 0.4) is 0 Å². The lowest BCUT2D eigenvalue weighted by atomic mass is 10.1. The molecule has 2 aromatic rings. The van der Waals surface area contributed by atoms with E-state index in [1.54, 1.807) is 0 Å². The zero-order chi connectivity index (χ0) is 19.1. The second-order valence-electron chi connectivity index (χ2n) is 6.02. The minimum Gasteiger partial charge on any atom is -0.397 e. The van der Waals surface area contributed by atoms with Crippen molar-refractivity contribution in [3.05, 3.63) is 47.0 Å². The topological polar surface area (TPSA) is 109 Å². The van der Waals surface area contributed by atoms with Gasteiger partial charge in [-0.05, 0) is 18.9 Å². The van der Waals surface area contributed by atoms with E-state index in [9.17, 15) is 10.1 Å². The van der Waals surface area contributed by atoms with Gasteiger partial charge in [-0.3, -0.25) is 4.79 Å². The van der Waals surface area contributed by atoms with Crippen molar-refractivity contribution in [3.63, 3.8) is 0 Å². The monoisotopic (exact) mass is 369 g/mol. The van der Waals surface area contributed by atoms with Gasteiger partial charge in [-0.15, -0.1) is 0 Å². The van der Waals surface area contributed by atoms with Crippen LogP contribution in [0.2, 0.25) is 0 Å². The first kappa shape index (κ1) is 19.6. The van der Waals surface area contributed by atoms with Gasteiger partial charge in [-0.1, -0.05) is 48.5 Å². The fourth-order valence-electron chi connectivity index (χ4n) is 2.47. The van der Waals surface area contributed by atoms with Crippen LogP contribution < -0.4 is 11.5 Å². The number of carbonyl (C=O) groups is 1. The van der Waals surface area contributed by atoms with Crippen LogP contribution in [0.1, 0.15) is 30.0 Å². The molecule has 7 heteroatoms. The van der Waals surface area contributed by atoms with E-state index in [1.807, 2.05) is 49.1 Å². The van der Waals surface area contributed by atoms with Gasteiger partial charge in [-0.2, -0.15) is 5.26 Å². The van der Waals surface area contributed by atoms with E-state index in [2.05, 4.69) is 4.98 Å². The number of nitrogen functional groups attached to an aromatic ring is 2. The molecule has 1 aromatic carbocycles. The van der Waals surface area contributed by atoms with Gasteiger partial charge in [0.25, 0.3) is 0 Å². The molecule has 1 heterocycles. The highest BCUT2D eigenvalue weighted by Gasteiger charge is 2.17. The molecule has 0 fully saturated rings. The van der Waals surface area contributed by atoms with Crippen LogP contribution >= 0.6 is 11.8 Å². The van der Waals surface area contributed by atoms with E-state index >= 15 is 0 Å². The number of thioether (sulfide) groups is 1. The van der Waals surface area contributed by atoms with Gasteiger partial charge in [0.05, 0.1) is 11.4 Å². The molecule has 0 saturated heterocycles. The Morgan fingerprint density at radius 2 is 2.00 bits per heavy atom. The molecule has 6 nitrogen and oxygen atoms in total. The minimum absolute atomic E-state index is 0.0101. The first-order chi connectivity index (χ1) is 12.4. The van der Waals surface area contributed by atoms with Gasteiger partial charge in [0.15, 0.2) is 0 Å². The number of hydrogen-bond donors (Lipinski definition) is 2. The molecule has 26 heavy (non-hydrogen) atoms. The van der Waals surface area contributed by atoms with E-state index in [0.29, 0.717) is 18.1 Å². The lowest BCUT2D eigenvalue weighted by Gasteiger charge is -2.22. The Bertz CT molecular complexity index is 814. The maximum absolute atomic E-state index is 12.7. The number of aromatic nitrogens is 1. The summed E-state index contributed by atoms with van der Waals surface area (Å²) in [5.41, 5.74) is 14.3. The molecule has 0 atom stereocenters. The number of nitriles is 1. The Morgan fingerprint density at radius 1 is 1.31 bits per heavy atom. The fourth-order valence-corrected chi connectivity index (χ4v) is 3.39. The van der Waals surface area contributed by atoms with Crippen molar-refractivity contribution in [2.75, 3.05) is 23.8 Å². The van der Waals surface area contributed by atoms with Crippen LogP contribution in [-0.2, 0) is 11.3 Å². The summed E-state index contributed by atoms with van der Waals surface area (Å²) in [5, 5.41) is 9.64. The summed E-state index contributed by atoms with van der Waals surface area (Å²) in [6.07, 6.45) is 0.870. The maximum Gasteiger partial charge on any atom is 0.233 e. The van der Waals surface area contributed by atoms with Crippen molar-refractivity contribution >= 4 is 29.2 Å². The third-order valence-corrected chi connectivity index (χ3v) is 4.78. The average Bonchev–Trinajstić information content (AvgIpc) is 2.60. The number of aryl methyl sites for hydroxylation is 1. The Balaban J connectivity index is 2.08. The summed E-state index contributed by atoms with van der Waals surface area (Å²) in [6, 6.07) is 11.6. The van der Waals surface area contributed by atoms with Gasteiger partial charge in [-0.25, -0.2) is 4.98 Å². The number of anilines is 2. The van der Waals surface area contributed by atoms with E-state index in [0.717, 1.165) is 12.0 Å². The molecule has 0 saturated carbocycles. The molecule has 1 aromatic heterocycles. The third kappa shape index (κ3) is 5.14. The number of carbonyl (C=O) groups excluding carboxylic acids is 1. The Kier molecular flexibility index (Phi) is 6.87. The molecule has 0 aliphatic rings. The molecule has 0 unspecified atom stereocenters. The van der Waals surface area contributed by atoms with Crippen molar-refractivity contribution in [1.29, 1.82) is 5.26 Å². The standard InChI is InChI=1S/C19H23N5OS/c1-3-8-24(11-14-6-4-13(2)5-7-14)18(25)12-26-19-15(10-20)16(21)9-17(22)23-19/h4-7,9H,3,8,11-12H2,1-2H3,(H4,21,22,23). The van der Waals surface area contributed by atoms with Crippen molar-refractivity contribution in [2.24, 2.45) is 0 Å². The molecule has 1 amide bonds. The smallest absolute Gasteiger partial charge is 0.233 e. The molecular formula is C19H23N5OS. The van der Waals surface area contributed by atoms with E-state index in [4.69, 9.17) is 11.5 Å². The lowest BCUT2D eigenvalue weighted by Crippen LogP contribution is -2.32. The van der Waals surface area contributed by atoms with Crippen LogP contribution in [0.5, 0.6) is 0 Å². The summed E-state index contributed by atoms with van der Waals surface area (Å²) in [5.74, 6) is 0.404. The van der Waals surface area contributed by atoms with Crippen LogP contribution in [-0.4, -0.2) is 28.1 Å². The first-order valence-electron chi connectivity index (χ1n) is 8.36. The van der Waals surface area contributed by atoms with E-state index in [1.165, 1.54) is 23.4 Å². The summed E-state index contributed by atoms with van der Waals surface area (Å²) < 4.78 is 0. The van der Waals surface area contributed by atoms with E-state index in [-0.39, 0.29) is 28.7 Å². The number of pyridine rings is 1. The van der Waals surface area contributed by atoms with Gasteiger partial charge < -0.3 is 16.4 Å². The van der Waals surface area contributed by atoms with Crippen molar-refractivity contribution in [3.8, 4) is 6.07 Å². The Hall–Kier alpha value is -2.72. The lowest BCUT2D eigenvalue weighted by molar-refractivity contribution is -0.129. The zero-order valence-corrected chi connectivity index (χ0v) is 15.8. The van der Waals surface area contributed by atoms with Crippen molar-refractivity contribution in [1.82, 2.24) is 9.88 Å². The van der Waals surface area contributed by atoms with Crippen molar-refractivity contribution < 1.29 is 4.79 Å². The van der Waals surface area contributed by atoms with Crippen LogP contribution in [0.4, 0.5) is 11.5 Å². The summed E-state index contributed by atoms with van der Waals surface area (Å²) in [6.45, 7) is 5.30. The third-order valence-electron chi connectivity index (χ3n) is 3.82. The maximum atomic E-state index is 12.7. The second kappa shape index (κ2) is 9.11. The van der Waals surface area contributed by atoms with E-state index < -0.39 is 0 Å². The number of nitrogens with zero attached hydrogens (tertiary/aromatic N) is 3. The largest absolute Gasteiger partial charge is 0.397 e. The molecule has 0 bridgehead atoms. The molecule has 2 rings (SSSR count). The van der Waals surface area contributed by atoms with Gasteiger partial charge in [0.2, 0.25) is 5.91 Å². The minimum atomic E-state index is -0.0101. The van der Waals surface area contributed by atoms with Crippen molar-refractivity contribution in [2.45, 2.75) is 31.8 Å². The molecule has 4 N–H and O–H groups in total. The molecule has 0 radical (unpaired) electrons. The molecule has 0 aliphatic heterocycles. The summed E-state index contributed by atoms with van der Waals surface area (Å²) >= 11 is 1.19. The average molecular weight is 369 g/mol. The second-order valence-corrected chi connectivity index (χ2v) is 6.98.